The molecule has 3 N–H and O–H groups in total. The van der Waals surface area contributed by atoms with Crippen molar-refractivity contribution in [1.82, 2.24) is 4.98 Å². The van der Waals surface area contributed by atoms with Crippen LogP contribution in [0.15, 0.2) is 24.4 Å². The SMILES string of the molecule is NC(=O)c1cnc(NC(=O)c2cc(F)cc(F)c2)s1. The van der Waals surface area contributed by atoms with Gasteiger partial charge in [0.15, 0.2) is 5.13 Å². The van der Waals surface area contributed by atoms with E-state index in [1.807, 2.05) is 0 Å². The van der Waals surface area contributed by atoms with E-state index in [1.54, 1.807) is 0 Å². The molecule has 0 fully saturated rings. The van der Waals surface area contributed by atoms with Gasteiger partial charge in [-0.1, -0.05) is 11.3 Å². The van der Waals surface area contributed by atoms with E-state index >= 15 is 0 Å². The van der Waals surface area contributed by atoms with Gasteiger partial charge in [0.05, 0.1) is 6.20 Å². The second-order valence-corrected chi connectivity index (χ2v) is 4.54. The Kier molecular flexibility index (Phi) is 3.52. The molecule has 1 aromatic heterocycles. The molecule has 0 atom stereocenters. The fraction of sp³-hybridized carbons (Fsp3) is 0. The predicted molar refractivity (Wildman–Crippen MR) is 64.9 cm³/mol. The largest absolute Gasteiger partial charge is 0.365 e. The van der Waals surface area contributed by atoms with E-state index in [2.05, 4.69) is 10.3 Å². The summed E-state index contributed by atoms with van der Waals surface area (Å²) in [6.45, 7) is 0. The molecule has 98 valence electrons. The average Bonchev–Trinajstić information content (AvgIpc) is 2.76. The van der Waals surface area contributed by atoms with Crippen LogP contribution in [0.1, 0.15) is 20.0 Å². The van der Waals surface area contributed by atoms with Gasteiger partial charge >= 0.3 is 0 Å². The van der Waals surface area contributed by atoms with Crippen LogP contribution in [0.4, 0.5) is 13.9 Å². The van der Waals surface area contributed by atoms with Crippen LogP contribution in [0, 0.1) is 11.6 Å². The highest BCUT2D eigenvalue weighted by atomic mass is 32.1. The van der Waals surface area contributed by atoms with Crippen LogP contribution in [0.25, 0.3) is 0 Å². The molecular formula is C11H7F2N3O2S. The lowest BCUT2D eigenvalue weighted by atomic mass is 10.2. The van der Waals surface area contributed by atoms with Crippen molar-refractivity contribution < 1.29 is 18.4 Å². The highest BCUT2D eigenvalue weighted by Gasteiger charge is 2.13. The Hall–Kier alpha value is -2.35. The Morgan fingerprint density at radius 3 is 2.37 bits per heavy atom. The van der Waals surface area contributed by atoms with Crippen LogP contribution in [0.2, 0.25) is 0 Å². The van der Waals surface area contributed by atoms with Crippen molar-refractivity contribution >= 4 is 28.3 Å². The summed E-state index contributed by atoms with van der Waals surface area (Å²) in [6, 6.07) is 2.44. The zero-order valence-electron chi connectivity index (χ0n) is 9.31. The number of rotatable bonds is 3. The Bertz CT molecular complexity index is 637. The van der Waals surface area contributed by atoms with Crippen molar-refractivity contribution in [3.05, 3.63) is 46.5 Å². The third-order valence-electron chi connectivity index (χ3n) is 2.09. The average molecular weight is 283 g/mol. The van der Waals surface area contributed by atoms with Gasteiger partial charge in [0.2, 0.25) is 0 Å². The summed E-state index contributed by atoms with van der Waals surface area (Å²) in [6.07, 6.45) is 1.20. The molecule has 0 spiro atoms. The zero-order chi connectivity index (χ0) is 14.0. The standard InChI is InChI=1S/C11H7F2N3O2S/c12-6-1-5(2-7(13)3-6)10(18)16-11-15-4-8(19-11)9(14)17/h1-4H,(H2,14,17)(H,15,16,18). The van der Waals surface area contributed by atoms with Gasteiger partial charge in [-0.2, -0.15) is 0 Å². The molecule has 19 heavy (non-hydrogen) atoms. The summed E-state index contributed by atoms with van der Waals surface area (Å²) >= 11 is 0.867. The molecule has 2 rings (SSSR count). The molecule has 8 heteroatoms. The summed E-state index contributed by atoms with van der Waals surface area (Å²) in [7, 11) is 0. The van der Waals surface area contributed by atoms with E-state index in [4.69, 9.17) is 5.73 Å². The van der Waals surface area contributed by atoms with Crippen LogP contribution < -0.4 is 11.1 Å². The normalized spacial score (nSPS) is 10.2. The molecule has 0 saturated carbocycles. The smallest absolute Gasteiger partial charge is 0.260 e. The summed E-state index contributed by atoms with van der Waals surface area (Å²) in [5, 5.41) is 2.43. The molecule has 0 unspecified atom stereocenters. The van der Waals surface area contributed by atoms with Gasteiger partial charge in [-0.05, 0) is 12.1 Å². The van der Waals surface area contributed by atoms with E-state index in [1.165, 1.54) is 6.20 Å². The maximum Gasteiger partial charge on any atom is 0.260 e. The number of nitrogens with one attached hydrogen (secondary N) is 1. The first-order valence-corrected chi connectivity index (χ1v) is 5.80. The van der Waals surface area contributed by atoms with E-state index in [0.717, 1.165) is 23.5 Å². The number of thiazole rings is 1. The highest BCUT2D eigenvalue weighted by molar-refractivity contribution is 7.17. The van der Waals surface area contributed by atoms with E-state index in [0.29, 0.717) is 6.07 Å². The van der Waals surface area contributed by atoms with Gasteiger partial charge in [0.1, 0.15) is 16.5 Å². The number of amides is 2. The van der Waals surface area contributed by atoms with Crippen molar-refractivity contribution in [3.63, 3.8) is 0 Å². The molecule has 0 aliphatic carbocycles. The van der Waals surface area contributed by atoms with Crippen molar-refractivity contribution in [2.24, 2.45) is 5.73 Å². The maximum absolute atomic E-state index is 12.9. The van der Waals surface area contributed by atoms with Crippen LogP contribution in [-0.2, 0) is 0 Å². The molecular weight excluding hydrogens is 276 g/mol. The van der Waals surface area contributed by atoms with Gasteiger partial charge in [-0.3, -0.25) is 14.9 Å². The second kappa shape index (κ2) is 5.11. The Balaban J connectivity index is 2.18. The molecule has 0 saturated heterocycles. The Labute approximate surface area is 110 Å². The number of carbonyl (C=O) groups excluding carboxylic acids is 2. The number of hydrogen-bond acceptors (Lipinski definition) is 4. The predicted octanol–water partition coefficient (Wildman–Crippen LogP) is 1.77. The molecule has 1 heterocycles. The lowest BCUT2D eigenvalue weighted by Gasteiger charge is -2.02. The molecule has 0 bridgehead atoms. The number of nitrogens with zero attached hydrogens (tertiary/aromatic N) is 1. The number of halogens is 2. The third-order valence-corrected chi connectivity index (χ3v) is 3.02. The number of benzene rings is 1. The quantitative estimate of drug-likeness (QED) is 0.900. The minimum atomic E-state index is -0.859. The lowest BCUT2D eigenvalue weighted by molar-refractivity contribution is 0.100. The Morgan fingerprint density at radius 2 is 1.84 bits per heavy atom. The maximum atomic E-state index is 12.9. The monoisotopic (exact) mass is 283 g/mol. The summed E-state index contributed by atoms with van der Waals surface area (Å²) in [4.78, 5) is 26.5. The van der Waals surface area contributed by atoms with Crippen molar-refractivity contribution in [2.75, 3.05) is 5.32 Å². The highest BCUT2D eigenvalue weighted by Crippen LogP contribution is 2.18. The van der Waals surface area contributed by atoms with Gasteiger partial charge in [-0.15, -0.1) is 0 Å². The first-order chi connectivity index (χ1) is 8.95. The molecule has 5 nitrogen and oxygen atoms in total. The molecule has 0 radical (unpaired) electrons. The topological polar surface area (TPSA) is 85.1 Å². The van der Waals surface area contributed by atoms with Gasteiger partial charge in [0, 0.05) is 11.6 Å². The van der Waals surface area contributed by atoms with Crippen LogP contribution in [0.5, 0.6) is 0 Å². The van der Waals surface area contributed by atoms with E-state index in [-0.39, 0.29) is 15.6 Å². The van der Waals surface area contributed by atoms with E-state index in [9.17, 15) is 18.4 Å². The minimum Gasteiger partial charge on any atom is -0.365 e. The van der Waals surface area contributed by atoms with Crippen LogP contribution >= 0.6 is 11.3 Å². The fourth-order valence-electron chi connectivity index (χ4n) is 1.30. The van der Waals surface area contributed by atoms with E-state index < -0.39 is 23.4 Å². The van der Waals surface area contributed by atoms with Crippen molar-refractivity contribution in [3.8, 4) is 0 Å². The summed E-state index contributed by atoms with van der Waals surface area (Å²) < 4.78 is 25.9. The second-order valence-electron chi connectivity index (χ2n) is 3.51. The fourth-order valence-corrected chi connectivity index (χ4v) is 1.96. The van der Waals surface area contributed by atoms with Crippen molar-refractivity contribution in [2.45, 2.75) is 0 Å². The van der Waals surface area contributed by atoms with Gasteiger partial charge < -0.3 is 5.73 Å². The molecule has 0 aliphatic heterocycles. The number of anilines is 1. The van der Waals surface area contributed by atoms with Crippen LogP contribution in [0.3, 0.4) is 0 Å². The third kappa shape index (κ3) is 3.10. The molecule has 1 aromatic carbocycles. The first-order valence-electron chi connectivity index (χ1n) is 4.99. The minimum absolute atomic E-state index is 0.114. The molecule has 2 amide bonds. The summed E-state index contributed by atoms with van der Waals surface area (Å²) in [5.41, 5.74) is 4.84. The lowest BCUT2D eigenvalue weighted by Crippen LogP contribution is -2.12. The van der Waals surface area contributed by atoms with Gasteiger partial charge in [0.25, 0.3) is 11.8 Å². The molecule has 2 aromatic rings. The number of nitrogens with two attached hydrogens (primary N) is 1. The number of aromatic nitrogens is 1. The number of carbonyl (C=O) groups is 2. The van der Waals surface area contributed by atoms with Crippen LogP contribution in [-0.4, -0.2) is 16.8 Å². The first kappa shape index (κ1) is 13.1. The number of hydrogen-bond donors (Lipinski definition) is 2. The van der Waals surface area contributed by atoms with Crippen molar-refractivity contribution in [1.29, 1.82) is 0 Å². The summed E-state index contributed by atoms with van der Waals surface area (Å²) in [5.74, 6) is -3.12. The van der Waals surface area contributed by atoms with Gasteiger partial charge in [-0.25, -0.2) is 13.8 Å². The molecule has 0 aliphatic rings. The zero-order valence-corrected chi connectivity index (χ0v) is 10.1. The Morgan fingerprint density at radius 1 is 1.21 bits per heavy atom. The number of primary amides is 1.